The lowest BCUT2D eigenvalue weighted by Crippen LogP contribution is -2.01. The molecular weight excluding hydrogens is 280 g/mol. The van der Waals surface area contributed by atoms with Crippen molar-refractivity contribution >= 4 is 23.3 Å². The van der Waals surface area contributed by atoms with Crippen LogP contribution < -0.4 is 4.74 Å². The second kappa shape index (κ2) is 7.53. The quantitative estimate of drug-likeness (QED) is 0.347. The minimum Gasteiger partial charge on any atom is -0.427 e. The normalized spacial score (nSPS) is 9.62. The van der Waals surface area contributed by atoms with E-state index in [-0.39, 0.29) is 5.97 Å². The Balaban J connectivity index is 2.13. The van der Waals surface area contributed by atoms with E-state index in [4.69, 9.17) is 4.74 Å². The molecule has 0 fully saturated rings. The Kier molecular flexibility index (Phi) is 5.44. The van der Waals surface area contributed by atoms with E-state index in [0.29, 0.717) is 5.75 Å². The molecule has 0 unspecified atom stereocenters. The first-order valence-electron chi connectivity index (χ1n) is 6.57. The predicted octanol–water partition coefficient (Wildman–Crippen LogP) is 4.92. The number of thioether (sulfide) groups is 1. The largest absolute Gasteiger partial charge is 0.427 e. The summed E-state index contributed by atoms with van der Waals surface area (Å²) in [5.74, 6) is 0.237. The maximum absolute atomic E-state index is 11.0. The number of esters is 1. The number of carbonyl (C=O) groups excluding carboxylic acids is 1. The number of benzene rings is 2. The minimum absolute atomic E-state index is 0.316. The molecule has 0 saturated carbocycles. The molecule has 0 heterocycles. The van der Waals surface area contributed by atoms with Gasteiger partial charge in [0.1, 0.15) is 5.75 Å². The molecule has 0 radical (unpaired) electrons. The zero-order valence-corrected chi connectivity index (χ0v) is 12.8. The van der Waals surface area contributed by atoms with E-state index in [9.17, 15) is 4.79 Å². The van der Waals surface area contributed by atoms with Crippen LogP contribution in [0.5, 0.6) is 5.75 Å². The van der Waals surface area contributed by atoms with Crippen LogP contribution in [0.4, 0.5) is 0 Å². The second-order valence-corrected chi connectivity index (χ2v) is 5.38. The number of hydrogen-bond acceptors (Lipinski definition) is 3. The summed E-state index contributed by atoms with van der Waals surface area (Å²) >= 11 is 1.62. The molecule has 0 aliphatic rings. The molecule has 21 heavy (non-hydrogen) atoms. The third-order valence-corrected chi connectivity index (χ3v) is 3.52. The highest BCUT2D eigenvalue weighted by molar-refractivity contribution is 8.02. The van der Waals surface area contributed by atoms with Crippen LogP contribution in [0.25, 0.3) is 5.57 Å². The molecule has 2 aromatic carbocycles. The van der Waals surface area contributed by atoms with Crippen molar-refractivity contribution in [1.29, 1.82) is 0 Å². The number of hydrogen-bond donors (Lipinski definition) is 0. The van der Waals surface area contributed by atoms with Crippen molar-refractivity contribution in [3.8, 4) is 5.75 Å². The van der Waals surface area contributed by atoms with Crippen LogP contribution in [-0.2, 0) is 4.79 Å². The Labute approximate surface area is 129 Å². The van der Waals surface area contributed by atoms with Crippen molar-refractivity contribution in [3.63, 3.8) is 0 Å². The van der Waals surface area contributed by atoms with Gasteiger partial charge in [-0.15, -0.1) is 5.73 Å². The summed E-state index contributed by atoms with van der Waals surface area (Å²) in [4.78, 5) is 12.1. The van der Waals surface area contributed by atoms with E-state index in [2.05, 4.69) is 17.9 Å². The highest BCUT2D eigenvalue weighted by Crippen LogP contribution is 2.21. The van der Waals surface area contributed by atoms with Gasteiger partial charge >= 0.3 is 5.97 Å². The first kappa shape index (κ1) is 15.2. The maximum atomic E-state index is 11.0. The third kappa shape index (κ3) is 4.99. The average molecular weight is 296 g/mol. The van der Waals surface area contributed by atoms with Crippen LogP contribution in [0.1, 0.15) is 19.4 Å². The van der Waals surface area contributed by atoms with Crippen molar-refractivity contribution in [2.24, 2.45) is 0 Å². The fourth-order valence-electron chi connectivity index (χ4n) is 1.73. The molecule has 0 aliphatic carbocycles. The molecule has 0 bridgehead atoms. The molecular formula is C18H16O2S. The van der Waals surface area contributed by atoms with Crippen molar-refractivity contribution < 1.29 is 9.53 Å². The Morgan fingerprint density at radius 2 is 1.86 bits per heavy atom. The van der Waals surface area contributed by atoms with E-state index < -0.39 is 0 Å². The van der Waals surface area contributed by atoms with Crippen molar-refractivity contribution in [2.75, 3.05) is 0 Å². The van der Waals surface area contributed by atoms with Crippen LogP contribution in [0.15, 0.2) is 70.6 Å². The lowest BCUT2D eigenvalue weighted by Gasteiger charge is -2.03. The van der Waals surface area contributed by atoms with Gasteiger partial charge in [0.2, 0.25) is 0 Å². The Morgan fingerprint density at radius 3 is 2.57 bits per heavy atom. The number of carbonyl (C=O) groups is 1. The van der Waals surface area contributed by atoms with Gasteiger partial charge in [-0.1, -0.05) is 42.1 Å². The van der Waals surface area contributed by atoms with Gasteiger partial charge in [0.25, 0.3) is 0 Å². The smallest absolute Gasteiger partial charge is 0.308 e. The zero-order valence-electron chi connectivity index (χ0n) is 12.0. The summed E-state index contributed by atoms with van der Waals surface area (Å²) in [6.07, 6.45) is 0. The van der Waals surface area contributed by atoms with Crippen LogP contribution in [0.2, 0.25) is 0 Å². The lowest BCUT2D eigenvalue weighted by molar-refractivity contribution is -0.131. The molecule has 2 rings (SSSR count). The number of allylic oxidation sites excluding steroid dienone is 1. The maximum Gasteiger partial charge on any atom is 0.308 e. The van der Waals surface area contributed by atoms with E-state index >= 15 is 0 Å². The third-order valence-electron chi connectivity index (χ3n) is 2.74. The monoisotopic (exact) mass is 296 g/mol. The van der Waals surface area contributed by atoms with Crippen molar-refractivity contribution in [3.05, 3.63) is 71.3 Å². The molecule has 2 aromatic rings. The highest BCUT2D eigenvalue weighted by atomic mass is 32.2. The molecule has 0 aromatic heterocycles. The lowest BCUT2D eigenvalue weighted by atomic mass is 10.1. The SMILES string of the molecule is CC(=O)Oc1cccc(C(C)=C=CSc2ccccc2)c1. The fourth-order valence-corrected chi connectivity index (χ4v) is 2.41. The van der Waals surface area contributed by atoms with Crippen LogP contribution >= 0.6 is 11.8 Å². The van der Waals surface area contributed by atoms with Crippen LogP contribution in [0.3, 0.4) is 0 Å². The average Bonchev–Trinajstić information content (AvgIpc) is 2.48. The molecule has 0 N–H and O–H groups in total. The standard InChI is InChI=1S/C18H16O2S/c1-14(11-12-21-18-9-4-3-5-10-18)16-7-6-8-17(13-16)20-15(2)19/h3-10,12-13H,1-2H3. The summed E-state index contributed by atoms with van der Waals surface area (Å²) < 4.78 is 5.08. The van der Waals surface area contributed by atoms with E-state index in [1.54, 1.807) is 17.8 Å². The molecule has 0 amide bonds. The Hall–Kier alpha value is -2.22. The van der Waals surface area contributed by atoms with Gasteiger partial charge in [-0.05, 0) is 42.3 Å². The first-order valence-corrected chi connectivity index (χ1v) is 7.45. The summed E-state index contributed by atoms with van der Waals surface area (Å²) in [6, 6.07) is 17.6. The van der Waals surface area contributed by atoms with Crippen molar-refractivity contribution in [2.45, 2.75) is 18.7 Å². The molecule has 0 aliphatic heterocycles. The molecule has 3 heteroatoms. The summed E-state index contributed by atoms with van der Waals surface area (Å²) in [7, 11) is 0. The Morgan fingerprint density at radius 1 is 1.10 bits per heavy atom. The fraction of sp³-hybridized carbons (Fsp3) is 0.111. The molecule has 0 saturated heterocycles. The summed E-state index contributed by atoms with van der Waals surface area (Å²) in [5.41, 5.74) is 5.22. The number of ether oxygens (including phenoxy) is 1. The van der Waals surface area contributed by atoms with Gasteiger partial charge in [0, 0.05) is 17.2 Å². The van der Waals surface area contributed by atoms with Crippen LogP contribution in [0, 0.1) is 0 Å². The van der Waals surface area contributed by atoms with Gasteiger partial charge in [-0.2, -0.15) is 0 Å². The van der Waals surface area contributed by atoms with E-state index in [0.717, 1.165) is 11.1 Å². The van der Waals surface area contributed by atoms with E-state index in [1.165, 1.54) is 11.8 Å². The predicted molar refractivity (Wildman–Crippen MR) is 87.2 cm³/mol. The van der Waals surface area contributed by atoms with Gasteiger partial charge < -0.3 is 4.74 Å². The molecule has 0 spiro atoms. The topological polar surface area (TPSA) is 26.3 Å². The van der Waals surface area contributed by atoms with Gasteiger partial charge in [0.05, 0.1) is 0 Å². The molecule has 0 atom stereocenters. The van der Waals surface area contributed by atoms with Gasteiger partial charge in [-0.3, -0.25) is 4.79 Å². The first-order chi connectivity index (χ1) is 10.1. The molecule has 106 valence electrons. The van der Waals surface area contributed by atoms with Crippen LogP contribution in [-0.4, -0.2) is 5.97 Å². The van der Waals surface area contributed by atoms with Gasteiger partial charge in [-0.25, -0.2) is 0 Å². The molecule has 2 nitrogen and oxygen atoms in total. The van der Waals surface area contributed by atoms with E-state index in [1.807, 2.05) is 48.7 Å². The number of rotatable bonds is 4. The van der Waals surface area contributed by atoms with Crippen molar-refractivity contribution in [1.82, 2.24) is 0 Å². The summed E-state index contributed by atoms with van der Waals surface area (Å²) in [5, 5.41) is 1.93. The Bertz CT molecular complexity index is 683. The van der Waals surface area contributed by atoms with Gasteiger partial charge in [0.15, 0.2) is 0 Å². The second-order valence-electron chi connectivity index (χ2n) is 4.44. The minimum atomic E-state index is -0.316. The summed E-state index contributed by atoms with van der Waals surface area (Å²) in [6.45, 7) is 3.38. The zero-order chi connectivity index (χ0) is 15.1. The highest BCUT2D eigenvalue weighted by Gasteiger charge is 2.00.